The first-order chi connectivity index (χ1) is 9.54. The van der Waals surface area contributed by atoms with Crippen LogP contribution >= 0.6 is 11.6 Å². The van der Waals surface area contributed by atoms with Crippen LogP contribution in [0.1, 0.15) is 0 Å². The van der Waals surface area contributed by atoms with Gasteiger partial charge in [0.05, 0.1) is 11.4 Å². The first-order valence-corrected chi connectivity index (χ1v) is 6.15. The Hall–Kier alpha value is -2.27. The minimum atomic E-state index is -0.479. The highest BCUT2D eigenvalue weighted by molar-refractivity contribution is 6.30. The second kappa shape index (κ2) is 6.25. The number of nitrogens with two attached hydrogens (primary N) is 1. The summed E-state index contributed by atoms with van der Waals surface area (Å²) < 4.78 is 18.3. The first-order valence-electron chi connectivity index (χ1n) is 5.78. The smallest absolute Gasteiger partial charge is 0.262 e. The predicted octanol–water partition coefficient (Wildman–Crippen LogP) is 3.08. The maximum Gasteiger partial charge on any atom is 0.262 e. The first kappa shape index (κ1) is 14.1. The van der Waals surface area contributed by atoms with Gasteiger partial charge < -0.3 is 15.8 Å². The maximum atomic E-state index is 13.0. The summed E-state index contributed by atoms with van der Waals surface area (Å²) in [4.78, 5) is 11.7. The predicted molar refractivity (Wildman–Crippen MR) is 76.4 cm³/mol. The molecule has 0 aliphatic carbocycles. The van der Waals surface area contributed by atoms with Gasteiger partial charge in [-0.2, -0.15) is 0 Å². The molecule has 4 nitrogen and oxygen atoms in total. The largest absolute Gasteiger partial charge is 0.484 e. The van der Waals surface area contributed by atoms with Crippen molar-refractivity contribution in [3.63, 3.8) is 0 Å². The zero-order valence-electron chi connectivity index (χ0n) is 10.4. The molecule has 0 aliphatic heterocycles. The van der Waals surface area contributed by atoms with Crippen molar-refractivity contribution in [2.75, 3.05) is 17.7 Å². The maximum absolute atomic E-state index is 13.0. The lowest BCUT2D eigenvalue weighted by Crippen LogP contribution is -2.20. The lowest BCUT2D eigenvalue weighted by atomic mass is 10.2. The number of halogens is 2. The van der Waals surface area contributed by atoms with Crippen LogP contribution in [0.15, 0.2) is 42.5 Å². The quantitative estimate of drug-likeness (QED) is 0.852. The van der Waals surface area contributed by atoms with Gasteiger partial charge in [0.25, 0.3) is 5.91 Å². The van der Waals surface area contributed by atoms with Crippen molar-refractivity contribution in [1.29, 1.82) is 0 Å². The molecule has 0 heterocycles. The van der Waals surface area contributed by atoms with Crippen LogP contribution in [0.4, 0.5) is 15.8 Å². The van der Waals surface area contributed by atoms with E-state index in [1.807, 2.05) is 0 Å². The SMILES string of the molecule is Nc1ccc(F)cc1NC(=O)COc1ccc(Cl)cc1. The van der Waals surface area contributed by atoms with Crippen molar-refractivity contribution in [3.05, 3.63) is 53.3 Å². The van der Waals surface area contributed by atoms with Crippen LogP contribution in [-0.4, -0.2) is 12.5 Å². The third-order valence-corrected chi connectivity index (χ3v) is 2.72. The van der Waals surface area contributed by atoms with Gasteiger partial charge in [0.15, 0.2) is 6.61 Å². The van der Waals surface area contributed by atoms with Gasteiger partial charge in [0.2, 0.25) is 0 Å². The Morgan fingerprint density at radius 3 is 2.65 bits per heavy atom. The average Bonchev–Trinajstić information content (AvgIpc) is 2.42. The molecule has 1 amide bonds. The van der Waals surface area contributed by atoms with Crippen LogP contribution in [0.3, 0.4) is 0 Å². The molecule has 0 fully saturated rings. The summed E-state index contributed by atoms with van der Waals surface area (Å²) in [6.07, 6.45) is 0. The fourth-order valence-corrected chi connectivity index (χ4v) is 1.63. The molecule has 2 aromatic carbocycles. The van der Waals surface area contributed by atoms with Crippen LogP contribution in [-0.2, 0) is 4.79 Å². The Bertz CT molecular complexity index is 617. The summed E-state index contributed by atoms with van der Waals surface area (Å²) in [5, 5.41) is 3.06. The molecule has 0 unspecified atom stereocenters. The van der Waals surface area contributed by atoms with Gasteiger partial charge in [-0.25, -0.2) is 4.39 Å². The molecule has 104 valence electrons. The van der Waals surface area contributed by atoms with Gasteiger partial charge in [0, 0.05) is 5.02 Å². The lowest BCUT2D eigenvalue weighted by Gasteiger charge is -2.09. The van der Waals surface area contributed by atoms with Gasteiger partial charge in [-0.05, 0) is 42.5 Å². The number of benzene rings is 2. The second-order valence-corrected chi connectivity index (χ2v) is 4.46. The highest BCUT2D eigenvalue weighted by Crippen LogP contribution is 2.19. The minimum Gasteiger partial charge on any atom is -0.484 e. The number of nitrogen functional groups attached to an aromatic ring is 1. The molecule has 0 bridgehead atoms. The number of carbonyl (C=O) groups excluding carboxylic acids is 1. The summed E-state index contributed by atoms with van der Waals surface area (Å²) in [5.74, 6) is -0.401. The van der Waals surface area contributed by atoms with E-state index in [-0.39, 0.29) is 18.0 Å². The molecule has 0 spiro atoms. The van der Waals surface area contributed by atoms with Crippen LogP contribution in [0.25, 0.3) is 0 Å². The lowest BCUT2D eigenvalue weighted by molar-refractivity contribution is -0.118. The molecule has 2 aromatic rings. The normalized spacial score (nSPS) is 10.1. The van der Waals surface area contributed by atoms with E-state index in [1.165, 1.54) is 12.1 Å². The number of anilines is 2. The van der Waals surface area contributed by atoms with Gasteiger partial charge in [-0.1, -0.05) is 11.6 Å². The third kappa shape index (κ3) is 3.86. The third-order valence-electron chi connectivity index (χ3n) is 2.47. The van der Waals surface area contributed by atoms with Gasteiger partial charge >= 0.3 is 0 Å². The van der Waals surface area contributed by atoms with E-state index in [0.29, 0.717) is 10.8 Å². The van der Waals surface area contributed by atoms with Crippen molar-refractivity contribution >= 4 is 28.9 Å². The van der Waals surface area contributed by atoms with Crippen molar-refractivity contribution in [2.45, 2.75) is 0 Å². The summed E-state index contributed by atoms with van der Waals surface area (Å²) in [6.45, 7) is -0.211. The van der Waals surface area contributed by atoms with E-state index in [1.54, 1.807) is 24.3 Å². The summed E-state index contributed by atoms with van der Waals surface area (Å²) in [6, 6.07) is 10.3. The topological polar surface area (TPSA) is 64.3 Å². The summed E-state index contributed by atoms with van der Waals surface area (Å²) in [5.41, 5.74) is 6.13. The Morgan fingerprint density at radius 1 is 1.25 bits per heavy atom. The Labute approximate surface area is 120 Å². The van der Waals surface area contributed by atoms with E-state index in [0.717, 1.165) is 6.07 Å². The van der Waals surface area contributed by atoms with Crippen LogP contribution in [0.2, 0.25) is 5.02 Å². The van der Waals surface area contributed by atoms with Gasteiger partial charge in [0.1, 0.15) is 11.6 Å². The number of carbonyl (C=O) groups is 1. The zero-order valence-corrected chi connectivity index (χ0v) is 11.2. The summed E-state index contributed by atoms with van der Waals surface area (Å²) in [7, 11) is 0. The van der Waals surface area contributed by atoms with Crippen LogP contribution < -0.4 is 15.8 Å². The molecule has 0 radical (unpaired) electrons. The molecule has 0 aromatic heterocycles. The molecule has 0 saturated carbocycles. The molecular formula is C14H12ClFN2O2. The monoisotopic (exact) mass is 294 g/mol. The summed E-state index contributed by atoms with van der Waals surface area (Å²) >= 11 is 5.73. The highest BCUT2D eigenvalue weighted by Gasteiger charge is 2.07. The van der Waals surface area contributed by atoms with E-state index >= 15 is 0 Å². The number of hydrogen-bond acceptors (Lipinski definition) is 3. The molecule has 6 heteroatoms. The van der Waals surface area contributed by atoms with Crippen molar-refractivity contribution in [3.8, 4) is 5.75 Å². The molecule has 0 aliphatic rings. The van der Waals surface area contributed by atoms with Crippen molar-refractivity contribution in [2.24, 2.45) is 0 Å². The second-order valence-electron chi connectivity index (χ2n) is 4.02. The van der Waals surface area contributed by atoms with Gasteiger partial charge in [-0.15, -0.1) is 0 Å². The van der Waals surface area contributed by atoms with E-state index in [4.69, 9.17) is 22.1 Å². The fourth-order valence-electron chi connectivity index (χ4n) is 1.50. The number of hydrogen-bond donors (Lipinski definition) is 2. The van der Waals surface area contributed by atoms with E-state index < -0.39 is 11.7 Å². The number of rotatable bonds is 4. The van der Waals surface area contributed by atoms with Crippen molar-refractivity contribution in [1.82, 2.24) is 0 Å². The highest BCUT2D eigenvalue weighted by atomic mass is 35.5. The fraction of sp³-hybridized carbons (Fsp3) is 0.0714. The molecule has 3 N–H and O–H groups in total. The number of nitrogens with one attached hydrogen (secondary N) is 1. The van der Waals surface area contributed by atoms with E-state index in [9.17, 15) is 9.18 Å². The zero-order chi connectivity index (χ0) is 14.5. The molecule has 0 atom stereocenters. The Morgan fingerprint density at radius 2 is 1.95 bits per heavy atom. The number of amides is 1. The van der Waals surface area contributed by atoms with Crippen LogP contribution in [0, 0.1) is 5.82 Å². The van der Waals surface area contributed by atoms with Gasteiger partial charge in [-0.3, -0.25) is 4.79 Å². The standard InChI is InChI=1S/C14H12ClFN2O2/c15-9-1-4-11(5-2-9)20-8-14(19)18-13-7-10(16)3-6-12(13)17/h1-7H,8,17H2,(H,18,19). The molecule has 2 rings (SSSR count). The minimum absolute atomic E-state index is 0.211. The Balaban J connectivity index is 1.92. The molecular weight excluding hydrogens is 283 g/mol. The molecule has 20 heavy (non-hydrogen) atoms. The Kier molecular flexibility index (Phi) is 4.42. The van der Waals surface area contributed by atoms with E-state index in [2.05, 4.69) is 5.32 Å². The van der Waals surface area contributed by atoms with Crippen molar-refractivity contribution < 1.29 is 13.9 Å². The number of ether oxygens (including phenoxy) is 1. The average molecular weight is 295 g/mol. The molecule has 0 saturated heterocycles. The van der Waals surface area contributed by atoms with Crippen LogP contribution in [0.5, 0.6) is 5.75 Å².